The molecule has 0 spiro atoms. The number of nitrogens with one attached hydrogen (secondary N) is 1. The standard InChI is InChI=1S/C25H34N4O3/c1-26-25(29-12-11-21(19-29)18-28-13-15-31-16-14-28)27-17-20-7-9-22(10-8-20)32-24-6-4-3-5-23(24)30-2/h3-10,21H,11-19H2,1-2H3,(H,26,27). The quantitative estimate of drug-likeness (QED) is 0.529. The van der Waals surface area contributed by atoms with Crippen molar-refractivity contribution in [3.8, 4) is 17.2 Å². The van der Waals surface area contributed by atoms with E-state index in [-0.39, 0.29) is 0 Å². The first-order chi connectivity index (χ1) is 15.7. The van der Waals surface area contributed by atoms with Crippen LogP contribution in [-0.4, -0.2) is 75.9 Å². The van der Waals surface area contributed by atoms with Crippen molar-refractivity contribution in [2.45, 2.75) is 13.0 Å². The lowest BCUT2D eigenvalue weighted by Gasteiger charge is -2.29. The number of rotatable bonds is 7. The molecule has 2 saturated heterocycles. The Morgan fingerprint density at radius 3 is 2.53 bits per heavy atom. The van der Waals surface area contributed by atoms with Gasteiger partial charge in [0.15, 0.2) is 17.5 Å². The zero-order valence-electron chi connectivity index (χ0n) is 19.1. The smallest absolute Gasteiger partial charge is 0.193 e. The van der Waals surface area contributed by atoms with Gasteiger partial charge >= 0.3 is 0 Å². The third-order valence-electron chi connectivity index (χ3n) is 6.09. The molecule has 2 aromatic carbocycles. The van der Waals surface area contributed by atoms with Gasteiger partial charge in [-0.15, -0.1) is 0 Å². The van der Waals surface area contributed by atoms with Crippen LogP contribution in [0.25, 0.3) is 0 Å². The third kappa shape index (κ3) is 5.93. The monoisotopic (exact) mass is 438 g/mol. The van der Waals surface area contributed by atoms with Crippen LogP contribution in [0.5, 0.6) is 17.2 Å². The second kappa shape index (κ2) is 11.2. The molecular weight excluding hydrogens is 404 g/mol. The molecule has 2 fully saturated rings. The van der Waals surface area contributed by atoms with E-state index in [9.17, 15) is 0 Å². The molecule has 172 valence electrons. The summed E-state index contributed by atoms with van der Waals surface area (Å²) in [6, 6.07) is 15.8. The first-order valence-corrected chi connectivity index (χ1v) is 11.4. The minimum absolute atomic E-state index is 0.693. The second-order valence-electron chi connectivity index (χ2n) is 8.31. The van der Waals surface area contributed by atoms with Crippen molar-refractivity contribution in [3.05, 3.63) is 54.1 Å². The number of guanidine groups is 1. The Morgan fingerprint density at radius 2 is 1.81 bits per heavy atom. The largest absolute Gasteiger partial charge is 0.493 e. The highest BCUT2D eigenvalue weighted by Gasteiger charge is 2.27. The van der Waals surface area contributed by atoms with E-state index in [0.717, 1.165) is 69.9 Å². The van der Waals surface area contributed by atoms with E-state index >= 15 is 0 Å². The number of para-hydroxylation sites is 2. The highest BCUT2D eigenvalue weighted by Crippen LogP contribution is 2.30. The Labute approximate surface area is 191 Å². The van der Waals surface area contributed by atoms with Gasteiger partial charge in [-0.1, -0.05) is 24.3 Å². The second-order valence-corrected chi connectivity index (χ2v) is 8.31. The predicted octanol–water partition coefficient (Wildman–Crippen LogP) is 3.22. The van der Waals surface area contributed by atoms with Crippen LogP contribution in [0.15, 0.2) is 53.5 Å². The summed E-state index contributed by atoms with van der Waals surface area (Å²) in [6.45, 7) is 7.84. The molecule has 2 aromatic rings. The van der Waals surface area contributed by atoms with Crippen LogP contribution < -0.4 is 14.8 Å². The number of benzene rings is 2. The third-order valence-corrected chi connectivity index (χ3v) is 6.09. The molecule has 2 heterocycles. The molecule has 1 N–H and O–H groups in total. The van der Waals surface area contributed by atoms with Crippen LogP contribution in [-0.2, 0) is 11.3 Å². The number of hydrogen-bond donors (Lipinski definition) is 1. The Morgan fingerprint density at radius 1 is 1.06 bits per heavy atom. The van der Waals surface area contributed by atoms with Gasteiger partial charge in [0.1, 0.15) is 5.75 Å². The number of ether oxygens (including phenoxy) is 3. The molecule has 4 rings (SSSR count). The van der Waals surface area contributed by atoms with Gasteiger partial charge in [0.05, 0.1) is 20.3 Å². The summed E-state index contributed by atoms with van der Waals surface area (Å²) in [5, 5.41) is 3.52. The minimum Gasteiger partial charge on any atom is -0.493 e. The van der Waals surface area contributed by atoms with E-state index in [4.69, 9.17) is 14.2 Å². The average molecular weight is 439 g/mol. The van der Waals surface area contributed by atoms with Gasteiger partial charge in [0.2, 0.25) is 0 Å². The number of nitrogens with zero attached hydrogens (tertiary/aromatic N) is 3. The van der Waals surface area contributed by atoms with Crippen LogP contribution in [0.4, 0.5) is 0 Å². The van der Waals surface area contributed by atoms with Crippen LogP contribution in [0.1, 0.15) is 12.0 Å². The predicted molar refractivity (Wildman–Crippen MR) is 127 cm³/mol. The summed E-state index contributed by atoms with van der Waals surface area (Å²) < 4.78 is 16.8. The van der Waals surface area contributed by atoms with E-state index < -0.39 is 0 Å². The summed E-state index contributed by atoms with van der Waals surface area (Å²) in [5.41, 5.74) is 1.18. The van der Waals surface area contributed by atoms with Crippen LogP contribution in [0.3, 0.4) is 0 Å². The van der Waals surface area contributed by atoms with E-state index in [2.05, 4.69) is 32.2 Å². The van der Waals surface area contributed by atoms with Crippen molar-refractivity contribution in [2.75, 3.05) is 60.1 Å². The minimum atomic E-state index is 0.693. The molecule has 0 aromatic heterocycles. The maximum atomic E-state index is 5.97. The SMILES string of the molecule is CN=C(NCc1ccc(Oc2ccccc2OC)cc1)N1CCC(CN2CCOCC2)C1. The van der Waals surface area contributed by atoms with E-state index in [1.54, 1.807) is 7.11 Å². The lowest BCUT2D eigenvalue weighted by atomic mass is 10.1. The normalized spacial score (nSPS) is 19.8. The van der Waals surface area contributed by atoms with Gasteiger partial charge in [0, 0.05) is 46.3 Å². The molecule has 0 amide bonds. The number of likely N-dealkylation sites (tertiary alicyclic amines) is 1. The highest BCUT2D eigenvalue weighted by atomic mass is 16.5. The molecule has 7 nitrogen and oxygen atoms in total. The molecule has 1 unspecified atom stereocenters. The zero-order valence-corrected chi connectivity index (χ0v) is 19.1. The summed E-state index contributed by atoms with van der Waals surface area (Å²) in [7, 11) is 3.51. The molecule has 0 radical (unpaired) electrons. The molecular formula is C25H34N4O3. The Balaban J connectivity index is 1.26. The summed E-state index contributed by atoms with van der Waals surface area (Å²) in [4.78, 5) is 9.43. The Bertz CT molecular complexity index is 881. The number of methoxy groups -OCH3 is 1. The fourth-order valence-electron chi connectivity index (χ4n) is 4.34. The van der Waals surface area contributed by atoms with E-state index in [1.165, 1.54) is 12.0 Å². The van der Waals surface area contributed by atoms with Gasteiger partial charge in [-0.2, -0.15) is 0 Å². The number of hydrogen-bond acceptors (Lipinski definition) is 5. The number of aliphatic imine (C=N–C) groups is 1. The maximum Gasteiger partial charge on any atom is 0.193 e. The van der Waals surface area contributed by atoms with Crippen molar-refractivity contribution in [3.63, 3.8) is 0 Å². The maximum absolute atomic E-state index is 5.97. The van der Waals surface area contributed by atoms with E-state index in [1.807, 2.05) is 43.4 Å². The topological polar surface area (TPSA) is 58.6 Å². The van der Waals surface area contributed by atoms with Gasteiger partial charge in [-0.05, 0) is 42.2 Å². The molecule has 0 bridgehead atoms. The lowest BCUT2D eigenvalue weighted by Crippen LogP contribution is -2.42. The molecule has 0 aliphatic carbocycles. The molecule has 2 aliphatic rings. The molecule has 7 heteroatoms. The summed E-state index contributed by atoms with van der Waals surface area (Å²) in [6.07, 6.45) is 1.22. The first kappa shape index (κ1) is 22.4. The van der Waals surface area contributed by atoms with Gasteiger partial charge < -0.3 is 24.4 Å². The van der Waals surface area contributed by atoms with Crippen molar-refractivity contribution in [1.82, 2.24) is 15.1 Å². The van der Waals surface area contributed by atoms with Crippen molar-refractivity contribution in [1.29, 1.82) is 0 Å². The van der Waals surface area contributed by atoms with Crippen molar-refractivity contribution in [2.24, 2.45) is 10.9 Å². The fraction of sp³-hybridized carbons (Fsp3) is 0.480. The van der Waals surface area contributed by atoms with Crippen LogP contribution in [0.2, 0.25) is 0 Å². The number of morpholine rings is 1. The fourth-order valence-corrected chi connectivity index (χ4v) is 4.34. The Hall–Kier alpha value is -2.77. The Kier molecular flexibility index (Phi) is 7.85. The molecule has 32 heavy (non-hydrogen) atoms. The van der Waals surface area contributed by atoms with Crippen LogP contribution in [0, 0.1) is 5.92 Å². The van der Waals surface area contributed by atoms with E-state index in [0.29, 0.717) is 11.7 Å². The van der Waals surface area contributed by atoms with Gasteiger partial charge in [0.25, 0.3) is 0 Å². The first-order valence-electron chi connectivity index (χ1n) is 11.4. The highest BCUT2D eigenvalue weighted by molar-refractivity contribution is 5.80. The van der Waals surface area contributed by atoms with Crippen molar-refractivity contribution < 1.29 is 14.2 Å². The zero-order chi connectivity index (χ0) is 22.2. The van der Waals surface area contributed by atoms with Gasteiger partial charge in [-0.25, -0.2) is 0 Å². The average Bonchev–Trinajstić information content (AvgIpc) is 3.29. The summed E-state index contributed by atoms with van der Waals surface area (Å²) in [5.74, 6) is 3.89. The summed E-state index contributed by atoms with van der Waals surface area (Å²) >= 11 is 0. The molecule has 2 aliphatic heterocycles. The van der Waals surface area contributed by atoms with Crippen LogP contribution >= 0.6 is 0 Å². The molecule has 0 saturated carbocycles. The van der Waals surface area contributed by atoms with Gasteiger partial charge in [-0.3, -0.25) is 9.89 Å². The lowest BCUT2D eigenvalue weighted by molar-refractivity contribution is 0.0315. The van der Waals surface area contributed by atoms with Crippen molar-refractivity contribution >= 4 is 5.96 Å². The molecule has 1 atom stereocenters.